The van der Waals surface area contributed by atoms with Crippen molar-refractivity contribution in [2.45, 2.75) is 10.8 Å². The molecule has 0 spiro atoms. The molecule has 0 aliphatic rings. The molecule has 0 aliphatic carbocycles. The SMILES string of the molecule is COc1ccc(C(C)I)nc1. The first-order valence-corrected chi connectivity index (χ1v) is 4.62. The number of rotatable bonds is 2. The van der Waals surface area contributed by atoms with Crippen molar-refractivity contribution in [3.8, 4) is 5.75 Å². The summed E-state index contributed by atoms with van der Waals surface area (Å²) in [5.41, 5.74) is 1.09. The zero-order valence-corrected chi connectivity index (χ0v) is 8.70. The Morgan fingerprint density at radius 3 is 2.64 bits per heavy atom. The number of methoxy groups -OCH3 is 1. The lowest BCUT2D eigenvalue weighted by atomic mass is 10.3. The van der Waals surface area contributed by atoms with Crippen LogP contribution in [0.2, 0.25) is 0 Å². The van der Waals surface area contributed by atoms with Crippen molar-refractivity contribution in [1.82, 2.24) is 4.98 Å². The van der Waals surface area contributed by atoms with E-state index in [1.54, 1.807) is 13.3 Å². The molecule has 0 aliphatic heterocycles. The predicted molar refractivity (Wildman–Crippen MR) is 53.2 cm³/mol. The summed E-state index contributed by atoms with van der Waals surface area (Å²) in [5.74, 6) is 0.811. The molecule has 1 atom stereocenters. The van der Waals surface area contributed by atoms with Crippen LogP contribution >= 0.6 is 22.6 Å². The Labute approximate surface area is 80.1 Å². The Hall–Kier alpha value is -0.320. The van der Waals surface area contributed by atoms with Crippen LogP contribution in [0.1, 0.15) is 16.5 Å². The summed E-state index contributed by atoms with van der Waals surface area (Å²) in [4.78, 5) is 4.22. The molecule has 2 nitrogen and oxygen atoms in total. The number of nitrogens with zero attached hydrogens (tertiary/aromatic N) is 1. The highest BCUT2D eigenvalue weighted by atomic mass is 127. The van der Waals surface area contributed by atoms with Gasteiger partial charge in [-0.1, -0.05) is 22.6 Å². The van der Waals surface area contributed by atoms with Crippen molar-refractivity contribution in [3.05, 3.63) is 24.0 Å². The summed E-state index contributed by atoms with van der Waals surface area (Å²) >= 11 is 2.33. The second-order valence-corrected chi connectivity index (χ2v) is 4.11. The van der Waals surface area contributed by atoms with Gasteiger partial charge in [-0.05, 0) is 19.1 Å². The number of aromatic nitrogens is 1. The van der Waals surface area contributed by atoms with Crippen molar-refractivity contribution >= 4 is 22.6 Å². The molecule has 0 aromatic carbocycles. The largest absolute Gasteiger partial charge is 0.495 e. The molecule has 1 aromatic rings. The highest BCUT2D eigenvalue weighted by molar-refractivity contribution is 14.1. The second kappa shape index (κ2) is 3.90. The summed E-state index contributed by atoms with van der Waals surface area (Å²) in [6.07, 6.45) is 1.74. The maximum atomic E-state index is 4.98. The van der Waals surface area contributed by atoms with Crippen LogP contribution in [0.4, 0.5) is 0 Å². The number of ether oxygens (including phenoxy) is 1. The smallest absolute Gasteiger partial charge is 0.137 e. The van der Waals surface area contributed by atoms with Crippen molar-refractivity contribution in [2.24, 2.45) is 0 Å². The van der Waals surface area contributed by atoms with Crippen LogP contribution in [0.25, 0.3) is 0 Å². The standard InChI is InChI=1S/C8H10INO/c1-6(9)8-4-3-7(11-2)5-10-8/h3-6H,1-2H3. The zero-order chi connectivity index (χ0) is 8.27. The van der Waals surface area contributed by atoms with E-state index in [1.807, 2.05) is 12.1 Å². The van der Waals surface area contributed by atoms with E-state index in [2.05, 4.69) is 34.5 Å². The van der Waals surface area contributed by atoms with Crippen molar-refractivity contribution in [1.29, 1.82) is 0 Å². The normalized spacial score (nSPS) is 12.6. The second-order valence-electron chi connectivity index (χ2n) is 2.24. The Morgan fingerprint density at radius 1 is 1.55 bits per heavy atom. The van der Waals surface area contributed by atoms with E-state index in [0.717, 1.165) is 11.4 Å². The first-order chi connectivity index (χ1) is 5.24. The van der Waals surface area contributed by atoms with E-state index in [0.29, 0.717) is 3.92 Å². The highest BCUT2D eigenvalue weighted by Crippen LogP contribution is 2.21. The third-order valence-corrected chi connectivity index (χ3v) is 2.04. The van der Waals surface area contributed by atoms with Crippen LogP contribution in [0.15, 0.2) is 18.3 Å². The van der Waals surface area contributed by atoms with Gasteiger partial charge in [0.25, 0.3) is 0 Å². The number of hydrogen-bond donors (Lipinski definition) is 0. The number of alkyl halides is 1. The van der Waals surface area contributed by atoms with Crippen LogP contribution in [0.5, 0.6) is 5.75 Å². The van der Waals surface area contributed by atoms with E-state index in [9.17, 15) is 0 Å². The molecule has 1 rings (SSSR count). The van der Waals surface area contributed by atoms with E-state index in [-0.39, 0.29) is 0 Å². The summed E-state index contributed by atoms with van der Waals surface area (Å²) in [5, 5.41) is 0. The molecule has 1 heterocycles. The van der Waals surface area contributed by atoms with Gasteiger partial charge < -0.3 is 4.74 Å². The molecule has 0 saturated carbocycles. The van der Waals surface area contributed by atoms with Crippen molar-refractivity contribution in [2.75, 3.05) is 7.11 Å². The summed E-state index contributed by atoms with van der Waals surface area (Å²) in [6, 6.07) is 3.91. The summed E-state index contributed by atoms with van der Waals surface area (Å²) in [6.45, 7) is 2.11. The van der Waals surface area contributed by atoms with E-state index in [4.69, 9.17) is 4.74 Å². The van der Waals surface area contributed by atoms with Gasteiger partial charge in [-0.3, -0.25) is 4.98 Å². The van der Waals surface area contributed by atoms with Crippen LogP contribution in [-0.4, -0.2) is 12.1 Å². The third-order valence-electron chi connectivity index (χ3n) is 1.40. The van der Waals surface area contributed by atoms with Gasteiger partial charge in [-0.15, -0.1) is 0 Å². The van der Waals surface area contributed by atoms with Crippen LogP contribution < -0.4 is 4.74 Å². The molecule has 0 saturated heterocycles. The average molecular weight is 263 g/mol. The van der Waals surface area contributed by atoms with Gasteiger partial charge in [0.1, 0.15) is 5.75 Å². The topological polar surface area (TPSA) is 22.1 Å². The molecule has 1 aromatic heterocycles. The maximum Gasteiger partial charge on any atom is 0.137 e. The van der Waals surface area contributed by atoms with Gasteiger partial charge in [0.2, 0.25) is 0 Å². The Morgan fingerprint density at radius 2 is 2.27 bits per heavy atom. The Balaban J connectivity index is 2.83. The minimum atomic E-state index is 0.457. The van der Waals surface area contributed by atoms with E-state index >= 15 is 0 Å². The van der Waals surface area contributed by atoms with Gasteiger partial charge in [0, 0.05) is 0 Å². The molecule has 0 N–H and O–H groups in total. The van der Waals surface area contributed by atoms with Crippen molar-refractivity contribution in [3.63, 3.8) is 0 Å². The summed E-state index contributed by atoms with van der Waals surface area (Å²) < 4.78 is 5.44. The van der Waals surface area contributed by atoms with Crippen LogP contribution in [0.3, 0.4) is 0 Å². The lowest BCUT2D eigenvalue weighted by molar-refractivity contribution is 0.412. The quantitative estimate of drug-likeness (QED) is 0.604. The van der Waals surface area contributed by atoms with Gasteiger partial charge in [-0.2, -0.15) is 0 Å². The Kier molecular flexibility index (Phi) is 3.11. The molecule has 3 heteroatoms. The molecule has 0 bridgehead atoms. The van der Waals surface area contributed by atoms with E-state index < -0.39 is 0 Å². The first kappa shape index (κ1) is 8.77. The fourth-order valence-corrected chi connectivity index (χ4v) is 1.12. The first-order valence-electron chi connectivity index (χ1n) is 3.38. The van der Waals surface area contributed by atoms with E-state index in [1.165, 1.54) is 0 Å². The fraction of sp³-hybridized carbons (Fsp3) is 0.375. The van der Waals surface area contributed by atoms with Crippen LogP contribution in [-0.2, 0) is 0 Å². The average Bonchev–Trinajstić information content (AvgIpc) is 2.05. The summed E-state index contributed by atoms with van der Waals surface area (Å²) in [7, 11) is 1.64. The number of halogens is 1. The van der Waals surface area contributed by atoms with Crippen molar-refractivity contribution < 1.29 is 4.74 Å². The molecule has 11 heavy (non-hydrogen) atoms. The lowest BCUT2D eigenvalue weighted by Gasteiger charge is -2.02. The number of pyridine rings is 1. The number of hydrogen-bond acceptors (Lipinski definition) is 2. The molecular formula is C8H10INO. The zero-order valence-electron chi connectivity index (χ0n) is 6.54. The fourth-order valence-electron chi connectivity index (χ4n) is 0.748. The molecule has 1 unspecified atom stereocenters. The molecule has 0 amide bonds. The predicted octanol–water partition coefficient (Wildman–Crippen LogP) is 2.59. The lowest BCUT2D eigenvalue weighted by Crippen LogP contribution is -1.90. The minimum Gasteiger partial charge on any atom is -0.495 e. The maximum absolute atomic E-state index is 4.98. The van der Waals surface area contributed by atoms with Gasteiger partial charge in [0.05, 0.1) is 22.9 Å². The molecule has 0 radical (unpaired) electrons. The highest BCUT2D eigenvalue weighted by Gasteiger charge is 2.00. The van der Waals surface area contributed by atoms with Gasteiger partial charge in [-0.25, -0.2) is 0 Å². The molecule has 60 valence electrons. The van der Waals surface area contributed by atoms with Crippen LogP contribution in [0, 0.1) is 0 Å². The molecular weight excluding hydrogens is 253 g/mol. The third kappa shape index (κ3) is 2.32. The minimum absolute atomic E-state index is 0.457. The molecule has 0 fully saturated rings. The Bertz CT molecular complexity index is 220. The monoisotopic (exact) mass is 263 g/mol. The van der Waals surface area contributed by atoms with Gasteiger partial charge in [0.15, 0.2) is 0 Å². The van der Waals surface area contributed by atoms with Gasteiger partial charge >= 0.3 is 0 Å².